The minimum absolute atomic E-state index is 0.0575. The fourth-order valence-electron chi connectivity index (χ4n) is 2.58. The Kier molecular flexibility index (Phi) is 7.17. The summed E-state index contributed by atoms with van der Waals surface area (Å²) >= 11 is 0. The van der Waals surface area contributed by atoms with Crippen LogP contribution in [0.2, 0.25) is 0 Å². The lowest BCUT2D eigenvalue weighted by Crippen LogP contribution is -2.38. The molecule has 0 aromatic heterocycles. The average molecular weight is 288 g/mol. The fourth-order valence-corrected chi connectivity index (χ4v) is 2.58. The van der Waals surface area contributed by atoms with Crippen molar-refractivity contribution in [3.63, 3.8) is 0 Å². The average Bonchev–Trinajstić information content (AvgIpc) is 2.46. The lowest BCUT2D eigenvalue weighted by atomic mass is 10.1. The molecule has 21 heavy (non-hydrogen) atoms. The Labute approximate surface area is 129 Å². The molecule has 0 heterocycles. The van der Waals surface area contributed by atoms with Crippen molar-refractivity contribution in [3.05, 3.63) is 41.5 Å². The highest BCUT2D eigenvalue weighted by atomic mass is 16.2. The molecular formula is C18H28N2O. The maximum atomic E-state index is 12.5. The highest BCUT2D eigenvalue weighted by Crippen LogP contribution is 2.24. The number of allylic oxidation sites excluding steroid dienone is 1. The molecule has 0 radical (unpaired) electrons. The standard InChI is InChI=1S/C18H28N2O/c1-6-10-17(21)20(14-13-19(7-2)8-3)18-15(4)11-9-12-16(18)5/h6,9-12H,7-8,13-14H2,1-5H3. The quantitative estimate of drug-likeness (QED) is 0.716. The number of hydrogen-bond donors (Lipinski definition) is 0. The zero-order chi connectivity index (χ0) is 15.8. The van der Waals surface area contributed by atoms with Crippen molar-refractivity contribution in [2.24, 2.45) is 0 Å². The van der Waals surface area contributed by atoms with Crippen LogP contribution in [0.1, 0.15) is 31.9 Å². The van der Waals surface area contributed by atoms with Crippen LogP contribution in [0.4, 0.5) is 5.69 Å². The number of aryl methyl sites for hydroxylation is 2. The number of amides is 1. The number of nitrogens with zero attached hydrogens (tertiary/aromatic N) is 2. The molecule has 0 aliphatic rings. The topological polar surface area (TPSA) is 23.6 Å². The zero-order valence-electron chi connectivity index (χ0n) is 14.0. The molecule has 0 aliphatic carbocycles. The van der Waals surface area contributed by atoms with Gasteiger partial charge in [0.2, 0.25) is 0 Å². The summed E-state index contributed by atoms with van der Waals surface area (Å²) in [6.07, 6.45) is 3.45. The fraction of sp³-hybridized carbons (Fsp3) is 0.500. The maximum absolute atomic E-state index is 12.5. The van der Waals surface area contributed by atoms with E-state index in [0.717, 1.165) is 43.0 Å². The van der Waals surface area contributed by atoms with Gasteiger partial charge in [0, 0.05) is 18.8 Å². The first-order valence-corrected chi connectivity index (χ1v) is 7.77. The number of carbonyl (C=O) groups is 1. The smallest absolute Gasteiger partial charge is 0.250 e. The summed E-state index contributed by atoms with van der Waals surface area (Å²) in [7, 11) is 0. The summed E-state index contributed by atoms with van der Waals surface area (Å²) in [4.78, 5) is 16.7. The first kappa shape index (κ1) is 17.4. The second kappa shape index (κ2) is 8.63. The van der Waals surface area contributed by atoms with Crippen LogP contribution >= 0.6 is 0 Å². The van der Waals surface area contributed by atoms with Crippen molar-refractivity contribution < 1.29 is 4.79 Å². The SMILES string of the molecule is CC=CC(=O)N(CCN(CC)CC)c1c(C)cccc1C. The van der Waals surface area contributed by atoms with Crippen molar-refractivity contribution >= 4 is 11.6 Å². The maximum Gasteiger partial charge on any atom is 0.250 e. The van der Waals surface area contributed by atoms with Gasteiger partial charge in [-0.15, -0.1) is 0 Å². The molecule has 0 bridgehead atoms. The van der Waals surface area contributed by atoms with E-state index in [1.54, 1.807) is 12.2 Å². The van der Waals surface area contributed by atoms with E-state index < -0.39 is 0 Å². The number of likely N-dealkylation sites (N-methyl/N-ethyl adjacent to an activating group) is 1. The molecule has 1 aromatic carbocycles. The summed E-state index contributed by atoms with van der Waals surface area (Å²) in [5.74, 6) is 0.0575. The lowest BCUT2D eigenvalue weighted by Gasteiger charge is -2.28. The van der Waals surface area contributed by atoms with E-state index in [2.05, 4.69) is 44.7 Å². The van der Waals surface area contributed by atoms with Gasteiger partial charge in [0.15, 0.2) is 0 Å². The van der Waals surface area contributed by atoms with Gasteiger partial charge in [-0.05, 0) is 51.1 Å². The molecule has 1 rings (SSSR count). The second-order valence-electron chi connectivity index (χ2n) is 5.26. The van der Waals surface area contributed by atoms with Crippen molar-refractivity contribution in [1.29, 1.82) is 0 Å². The number of anilines is 1. The third kappa shape index (κ3) is 4.71. The highest BCUT2D eigenvalue weighted by Gasteiger charge is 2.17. The Morgan fingerprint density at radius 2 is 1.67 bits per heavy atom. The Morgan fingerprint density at radius 3 is 2.14 bits per heavy atom. The molecule has 0 N–H and O–H groups in total. The molecule has 1 aromatic rings. The van der Waals surface area contributed by atoms with Gasteiger partial charge >= 0.3 is 0 Å². The molecule has 0 aliphatic heterocycles. The van der Waals surface area contributed by atoms with E-state index in [1.165, 1.54) is 0 Å². The van der Waals surface area contributed by atoms with E-state index in [9.17, 15) is 4.79 Å². The Balaban J connectivity index is 3.05. The molecule has 3 heteroatoms. The van der Waals surface area contributed by atoms with Crippen molar-refractivity contribution in [1.82, 2.24) is 4.90 Å². The predicted molar refractivity (Wildman–Crippen MR) is 90.9 cm³/mol. The number of para-hydroxylation sites is 1. The lowest BCUT2D eigenvalue weighted by molar-refractivity contribution is -0.114. The minimum Gasteiger partial charge on any atom is -0.307 e. The van der Waals surface area contributed by atoms with Gasteiger partial charge < -0.3 is 9.80 Å². The number of benzene rings is 1. The van der Waals surface area contributed by atoms with E-state index in [0.29, 0.717) is 0 Å². The van der Waals surface area contributed by atoms with Crippen LogP contribution in [0.25, 0.3) is 0 Å². The molecular weight excluding hydrogens is 260 g/mol. The Bertz CT molecular complexity index is 470. The minimum atomic E-state index is 0.0575. The molecule has 0 atom stereocenters. The van der Waals surface area contributed by atoms with Crippen LogP contribution < -0.4 is 4.90 Å². The van der Waals surface area contributed by atoms with E-state index in [1.807, 2.05) is 17.9 Å². The molecule has 1 amide bonds. The molecule has 116 valence electrons. The molecule has 0 saturated heterocycles. The number of carbonyl (C=O) groups excluding carboxylic acids is 1. The van der Waals surface area contributed by atoms with Gasteiger partial charge in [0.25, 0.3) is 5.91 Å². The van der Waals surface area contributed by atoms with Gasteiger partial charge in [0.05, 0.1) is 0 Å². The van der Waals surface area contributed by atoms with Crippen molar-refractivity contribution in [2.45, 2.75) is 34.6 Å². The monoisotopic (exact) mass is 288 g/mol. The number of rotatable bonds is 7. The normalized spacial score (nSPS) is 11.3. The van der Waals surface area contributed by atoms with Crippen LogP contribution in [-0.4, -0.2) is 37.0 Å². The summed E-state index contributed by atoms with van der Waals surface area (Å²) in [6.45, 7) is 13.9. The van der Waals surface area contributed by atoms with Crippen LogP contribution in [0.3, 0.4) is 0 Å². The molecule has 0 unspecified atom stereocenters. The summed E-state index contributed by atoms with van der Waals surface area (Å²) in [5.41, 5.74) is 3.34. The Morgan fingerprint density at radius 1 is 1.10 bits per heavy atom. The van der Waals surface area contributed by atoms with Gasteiger partial charge in [0.1, 0.15) is 0 Å². The first-order valence-electron chi connectivity index (χ1n) is 7.77. The third-order valence-electron chi connectivity index (χ3n) is 3.82. The van der Waals surface area contributed by atoms with Crippen LogP contribution in [0.15, 0.2) is 30.4 Å². The summed E-state index contributed by atoms with van der Waals surface area (Å²) < 4.78 is 0. The summed E-state index contributed by atoms with van der Waals surface area (Å²) in [6, 6.07) is 6.17. The van der Waals surface area contributed by atoms with Crippen molar-refractivity contribution in [2.75, 3.05) is 31.1 Å². The van der Waals surface area contributed by atoms with E-state index in [4.69, 9.17) is 0 Å². The van der Waals surface area contributed by atoms with Crippen LogP contribution in [0, 0.1) is 13.8 Å². The van der Waals surface area contributed by atoms with E-state index >= 15 is 0 Å². The number of hydrogen-bond acceptors (Lipinski definition) is 2. The predicted octanol–water partition coefficient (Wildman–Crippen LogP) is 3.55. The van der Waals surface area contributed by atoms with Gasteiger partial charge in [-0.1, -0.05) is 38.1 Å². The van der Waals surface area contributed by atoms with Gasteiger partial charge in [-0.3, -0.25) is 4.79 Å². The van der Waals surface area contributed by atoms with Crippen LogP contribution in [0.5, 0.6) is 0 Å². The second-order valence-corrected chi connectivity index (χ2v) is 5.26. The largest absolute Gasteiger partial charge is 0.307 e. The summed E-state index contributed by atoms with van der Waals surface area (Å²) in [5, 5.41) is 0. The first-order chi connectivity index (χ1) is 10.0. The van der Waals surface area contributed by atoms with E-state index in [-0.39, 0.29) is 5.91 Å². The highest BCUT2D eigenvalue weighted by molar-refractivity contribution is 6.02. The molecule has 0 spiro atoms. The molecule has 0 fully saturated rings. The third-order valence-corrected chi connectivity index (χ3v) is 3.82. The Hall–Kier alpha value is -1.61. The molecule has 0 saturated carbocycles. The molecule has 3 nitrogen and oxygen atoms in total. The van der Waals surface area contributed by atoms with Crippen molar-refractivity contribution in [3.8, 4) is 0 Å². The van der Waals surface area contributed by atoms with Gasteiger partial charge in [-0.25, -0.2) is 0 Å². The van der Waals surface area contributed by atoms with Crippen LogP contribution in [-0.2, 0) is 4.79 Å². The van der Waals surface area contributed by atoms with Gasteiger partial charge in [-0.2, -0.15) is 0 Å². The zero-order valence-corrected chi connectivity index (χ0v) is 14.0.